The summed E-state index contributed by atoms with van der Waals surface area (Å²) < 4.78 is 0. The van der Waals surface area contributed by atoms with Crippen LogP contribution in [0.1, 0.15) is 33.1 Å². The van der Waals surface area contributed by atoms with Crippen molar-refractivity contribution in [1.29, 1.82) is 0 Å². The third-order valence-electron chi connectivity index (χ3n) is 2.90. The van der Waals surface area contributed by atoms with Gasteiger partial charge in [0.1, 0.15) is 0 Å². The first-order chi connectivity index (χ1) is 8.38. The molecule has 0 aromatic carbocycles. The Morgan fingerprint density at radius 2 is 1.76 bits per heavy atom. The highest BCUT2D eigenvalue weighted by Gasteiger charge is 2.30. The fourth-order valence-corrected chi connectivity index (χ4v) is 1.78. The molecular formula is C13H28N4. The Bertz CT molecular complexity index is 215. The molecule has 1 fully saturated rings. The third-order valence-corrected chi connectivity index (χ3v) is 2.90. The monoisotopic (exact) mass is 240 g/mol. The predicted molar refractivity (Wildman–Crippen MR) is 75.0 cm³/mol. The van der Waals surface area contributed by atoms with Crippen LogP contribution in [0, 0.1) is 0 Å². The van der Waals surface area contributed by atoms with Crippen LogP contribution < -0.4 is 16.0 Å². The Kier molecular flexibility index (Phi) is 8.22. The number of hydrogen-bond acceptors (Lipinski definition) is 4. The van der Waals surface area contributed by atoms with E-state index in [4.69, 9.17) is 0 Å². The fraction of sp³-hybridized carbons (Fsp3) is 0.923. The van der Waals surface area contributed by atoms with E-state index < -0.39 is 0 Å². The highest BCUT2D eigenvalue weighted by Crippen LogP contribution is 2.16. The lowest BCUT2D eigenvalue weighted by molar-refractivity contribution is 0.613. The molecule has 3 N–H and O–H groups in total. The van der Waals surface area contributed by atoms with Crippen molar-refractivity contribution in [3.05, 3.63) is 0 Å². The van der Waals surface area contributed by atoms with Gasteiger partial charge < -0.3 is 16.0 Å². The Labute approximate surface area is 106 Å². The van der Waals surface area contributed by atoms with Crippen LogP contribution in [0.3, 0.4) is 0 Å². The molecule has 4 heteroatoms. The molecule has 1 saturated carbocycles. The smallest absolute Gasteiger partial charge is 0.0504 e. The van der Waals surface area contributed by atoms with Gasteiger partial charge in [-0.25, -0.2) is 0 Å². The van der Waals surface area contributed by atoms with E-state index >= 15 is 0 Å². The van der Waals surface area contributed by atoms with Gasteiger partial charge in [-0.05, 0) is 45.6 Å². The minimum atomic E-state index is 0.593. The van der Waals surface area contributed by atoms with Crippen LogP contribution in [0.15, 0.2) is 4.99 Å². The summed E-state index contributed by atoms with van der Waals surface area (Å²) in [7, 11) is 0. The van der Waals surface area contributed by atoms with Crippen molar-refractivity contribution in [1.82, 2.24) is 16.0 Å². The Morgan fingerprint density at radius 1 is 1.06 bits per heavy atom. The zero-order valence-electron chi connectivity index (χ0n) is 11.4. The highest BCUT2D eigenvalue weighted by atomic mass is 15.0. The van der Waals surface area contributed by atoms with Crippen LogP contribution in [0.4, 0.5) is 0 Å². The lowest BCUT2D eigenvalue weighted by Gasteiger charge is -2.02. The molecule has 0 aromatic heterocycles. The summed E-state index contributed by atoms with van der Waals surface area (Å²) in [5.41, 5.74) is 1.38. The van der Waals surface area contributed by atoms with E-state index in [1.165, 1.54) is 18.6 Å². The van der Waals surface area contributed by atoms with Gasteiger partial charge in [-0.3, -0.25) is 4.99 Å². The topological polar surface area (TPSA) is 48.5 Å². The Morgan fingerprint density at radius 3 is 2.47 bits per heavy atom. The molecule has 1 aliphatic rings. The zero-order chi connectivity index (χ0) is 12.3. The van der Waals surface area contributed by atoms with E-state index in [2.05, 4.69) is 34.8 Å². The van der Waals surface area contributed by atoms with E-state index in [1.807, 2.05) is 0 Å². The molecule has 0 aromatic rings. The number of nitrogens with one attached hydrogen (secondary N) is 3. The molecule has 1 rings (SSSR count). The first-order valence-electron chi connectivity index (χ1n) is 7.06. The van der Waals surface area contributed by atoms with Gasteiger partial charge in [0.05, 0.1) is 6.04 Å². The van der Waals surface area contributed by atoms with Crippen LogP contribution in [-0.2, 0) is 0 Å². The molecule has 1 atom stereocenters. The van der Waals surface area contributed by atoms with Crippen molar-refractivity contribution in [2.24, 2.45) is 4.99 Å². The first-order valence-corrected chi connectivity index (χ1v) is 7.06. The fourth-order valence-electron chi connectivity index (χ4n) is 1.78. The quantitative estimate of drug-likeness (QED) is 0.468. The summed E-state index contributed by atoms with van der Waals surface area (Å²) in [4.78, 5) is 4.60. The normalized spacial score (nSPS) is 21.1. The van der Waals surface area contributed by atoms with E-state index in [9.17, 15) is 0 Å². The van der Waals surface area contributed by atoms with Crippen molar-refractivity contribution < 1.29 is 0 Å². The van der Waals surface area contributed by atoms with Crippen LogP contribution in [-0.4, -0.2) is 51.0 Å². The molecule has 0 aliphatic heterocycles. The van der Waals surface area contributed by atoms with Crippen molar-refractivity contribution in [2.75, 3.05) is 39.3 Å². The zero-order valence-corrected chi connectivity index (χ0v) is 11.4. The third kappa shape index (κ3) is 7.47. The largest absolute Gasteiger partial charge is 0.317 e. The summed E-state index contributed by atoms with van der Waals surface area (Å²) in [5, 5.41) is 10.2. The molecule has 0 heterocycles. The number of hydrogen-bond donors (Lipinski definition) is 3. The standard InChI is InChI=1S/C13H28N4/c1-3-14-7-5-9-16-12-11-13(12)17-10-6-8-15-4-2/h12,14-16H,3-11H2,1-2H3/b17-13+. The molecule has 0 amide bonds. The average molecular weight is 240 g/mol. The maximum atomic E-state index is 4.60. The van der Waals surface area contributed by atoms with E-state index in [-0.39, 0.29) is 0 Å². The number of rotatable bonds is 11. The molecule has 17 heavy (non-hydrogen) atoms. The van der Waals surface area contributed by atoms with Gasteiger partial charge in [0, 0.05) is 18.7 Å². The average Bonchev–Trinajstić information content (AvgIpc) is 3.07. The van der Waals surface area contributed by atoms with Gasteiger partial charge in [-0.15, -0.1) is 0 Å². The maximum absolute atomic E-state index is 4.60. The van der Waals surface area contributed by atoms with E-state index in [1.54, 1.807) is 0 Å². The maximum Gasteiger partial charge on any atom is 0.0504 e. The lowest BCUT2D eigenvalue weighted by Crippen LogP contribution is -2.24. The Hall–Kier alpha value is -0.450. The molecule has 1 aliphatic carbocycles. The molecule has 4 nitrogen and oxygen atoms in total. The summed E-state index contributed by atoms with van der Waals surface area (Å²) in [5.74, 6) is 0. The van der Waals surface area contributed by atoms with Crippen molar-refractivity contribution in [3.63, 3.8) is 0 Å². The second-order valence-corrected chi connectivity index (χ2v) is 4.50. The molecule has 100 valence electrons. The highest BCUT2D eigenvalue weighted by molar-refractivity contribution is 6.04. The molecule has 0 radical (unpaired) electrons. The summed E-state index contributed by atoms with van der Waals surface area (Å²) in [6, 6.07) is 0.593. The molecule has 0 saturated heterocycles. The van der Waals surface area contributed by atoms with Crippen LogP contribution in [0.2, 0.25) is 0 Å². The van der Waals surface area contributed by atoms with Gasteiger partial charge >= 0.3 is 0 Å². The van der Waals surface area contributed by atoms with Gasteiger partial charge in [-0.2, -0.15) is 0 Å². The minimum absolute atomic E-state index is 0.593. The molecule has 0 bridgehead atoms. The minimum Gasteiger partial charge on any atom is -0.317 e. The molecule has 1 unspecified atom stereocenters. The number of aliphatic imine (C=N–C) groups is 1. The van der Waals surface area contributed by atoms with Crippen molar-refractivity contribution in [3.8, 4) is 0 Å². The SMILES string of the molecule is CCNCCC/N=C1\CC1NCCCNCC. The summed E-state index contributed by atoms with van der Waals surface area (Å²) in [6.45, 7) is 10.7. The van der Waals surface area contributed by atoms with Crippen LogP contribution in [0.25, 0.3) is 0 Å². The first kappa shape index (κ1) is 14.6. The van der Waals surface area contributed by atoms with Crippen molar-refractivity contribution >= 4 is 5.71 Å². The van der Waals surface area contributed by atoms with Crippen LogP contribution in [0.5, 0.6) is 0 Å². The summed E-state index contributed by atoms with van der Waals surface area (Å²) in [6.07, 6.45) is 3.53. The lowest BCUT2D eigenvalue weighted by atomic mass is 10.4. The summed E-state index contributed by atoms with van der Waals surface area (Å²) >= 11 is 0. The van der Waals surface area contributed by atoms with E-state index in [0.29, 0.717) is 6.04 Å². The molecule has 0 spiro atoms. The predicted octanol–water partition coefficient (Wildman–Crippen LogP) is 0.789. The van der Waals surface area contributed by atoms with Gasteiger partial charge in [0.2, 0.25) is 0 Å². The van der Waals surface area contributed by atoms with Crippen LogP contribution >= 0.6 is 0 Å². The Balaban J connectivity index is 1.88. The van der Waals surface area contributed by atoms with Crippen molar-refractivity contribution in [2.45, 2.75) is 39.2 Å². The second kappa shape index (κ2) is 9.57. The number of nitrogens with zero attached hydrogens (tertiary/aromatic N) is 1. The van der Waals surface area contributed by atoms with Gasteiger partial charge in [0.25, 0.3) is 0 Å². The molecular weight excluding hydrogens is 212 g/mol. The van der Waals surface area contributed by atoms with E-state index in [0.717, 1.165) is 45.7 Å². The second-order valence-electron chi connectivity index (χ2n) is 4.50. The van der Waals surface area contributed by atoms with Gasteiger partial charge in [0.15, 0.2) is 0 Å². The van der Waals surface area contributed by atoms with Gasteiger partial charge in [-0.1, -0.05) is 13.8 Å².